The highest BCUT2D eigenvalue weighted by molar-refractivity contribution is 6.46. The number of rotatable bonds is 10. The van der Waals surface area contributed by atoms with Crippen LogP contribution < -0.4 is 9.47 Å². The van der Waals surface area contributed by atoms with Crippen molar-refractivity contribution < 1.29 is 28.9 Å². The molecule has 0 bridgehead atoms. The SMILES string of the molecule is CCCOc1ccc(/C(O)=C2\C(=O)C(=O)N(CCN3CCOCC3)[C@@H]2c2ccc(OC(C)C)cc2)cc1. The zero-order valence-electron chi connectivity index (χ0n) is 21.8. The number of benzene rings is 2. The van der Waals surface area contributed by atoms with E-state index >= 15 is 0 Å². The van der Waals surface area contributed by atoms with Gasteiger partial charge in [0.2, 0.25) is 0 Å². The molecule has 37 heavy (non-hydrogen) atoms. The van der Waals surface area contributed by atoms with Crippen molar-refractivity contribution in [3.63, 3.8) is 0 Å². The van der Waals surface area contributed by atoms with Crippen LogP contribution in [0.3, 0.4) is 0 Å². The maximum atomic E-state index is 13.3. The maximum Gasteiger partial charge on any atom is 0.295 e. The summed E-state index contributed by atoms with van der Waals surface area (Å²) in [6.45, 7) is 10.4. The standard InChI is InChI=1S/C29H36N2O6/c1-4-17-36-23-9-7-22(8-10-23)27(32)25-26(21-5-11-24(12-6-21)37-20(2)3)31(29(34)28(25)33)14-13-30-15-18-35-19-16-30/h5-12,20,26,32H,4,13-19H2,1-3H3/b27-25+/t26-/m1/s1. The van der Waals surface area contributed by atoms with E-state index in [9.17, 15) is 14.7 Å². The second-order valence-electron chi connectivity index (χ2n) is 9.55. The van der Waals surface area contributed by atoms with Crippen LogP contribution in [0.1, 0.15) is 44.4 Å². The average Bonchev–Trinajstić information content (AvgIpc) is 3.16. The molecule has 8 heteroatoms. The highest BCUT2D eigenvalue weighted by Gasteiger charge is 2.46. The van der Waals surface area contributed by atoms with Crippen LogP contribution in [0.4, 0.5) is 0 Å². The summed E-state index contributed by atoms with van der Waals surface area (Å²) in [5.74, 6) is -0.0985. The Bertz CT molecular complexity index is 1100. The highest BCUT2D eigenvalue weighted by Crippen LogP contribution is 2.40. The number of nitrogens with zero attached hydrogens (tertiary/aromatic N) is 2. The molecule has 0 aromatic heterocycles. The first-order valence-electron chi connectivity index (χ1n) is 13.0. The summed E-state index contributed by atoms with van der Waals surface area (Å²) in [4.78, 5) is 30.3. The molecular weight excluding hydrogens is 472 g/mol. The van der Waals surface area contributed by atoms with Crippen LogP contribution >= 0.6 is 0 Å². The van der Waals surface area contributed by atoms with Gasteiger partial charge in [-0.25, -0.2) is 0 Å². The second-order valence-corrected chi connectivity index (χ2v) is 9.55. The van der Waals surface area contributed by atoms with Crippen molar-refractivity contribution in [3.05, 3.63) is 65.2 Å². The van der Waals surface area contributed by atoms with Gasteiger partial charge in [0, 0.05) is 31.7 Å². The third-order valence-corrected chi connectivity index (χ3v) is 6.47. The molecule has 2 aliphatic rings. The van der Waals surface area contributed by atoms with Gasteiger partial charge in [-0.15, -0.1) is 0 Å². The van der Waals surface area contributed by atoms with Crippen molar-refractivity contribution in [2.45, 2.75) is 39.3 Å². The number of carbonyl (C=O) groups excluding carboxylic acids is 2. The topological polar surface area (TPSA) is 88.5 Å². The molecule has 2 fully saturated rings. The molecule has 0 radical (unpaired) electrons. The van der Waals surface area contributed by atoms with E-state index in [0.717, 1.165) is 25.1 Å². The summed E-state index contributed by atoms with van der Waals surface area (Å²) >= 11 is 0. The first kappa shape index (κ1) is 26.7. The number of aliphatic hydroxyl groups is 1. The normalized spacial score (nSPS) is 20.0. The van der Waals surface area contributed by atoms with Gasteiger partial charge in [-0.1, -0.05) is 19.1 Å². The van der Waals surface area contributed by atoms with Gasteiger partial charge in [-0.3, -0.25) is 14.5 Å². The van der Waals surface area contributed by atoms with Crippen LogP contribution in [0.25, 0.3) is 5.76 Å². The highest BCUT2D eigenvalue weighted by atomic mass is 16.5. The van der Waals surface area contributed by atoms with E-state index in [1.165, 1.54) is 0 Å². The van der Waals surface area contributed by atoms with Crippen molar-refractivity contribution in [1.82, 2.24) is 9.80 Å². The first-order valence-corrected chi connectivity index (χ1v) is 13.0. The quantitative estimate of drug-likeness (QED) is 0.295. The van der Waals surface area contributed by atoms with Crippen molar-refractivity contribution in [1.29, 1.82) is 0 Å². The fraction of sp³-hybridized carbons (Fsp3) is 0.448. The molecule has 2 saturated heterocycles. The van der Waals surface area contributed by atoms with E-state index < -0.39 is 17.7 Å². The molecule has 1 atom stereocenters. The predicted octanol–water partition coefficient (Wildman–Crippen LogP) is 4.02. The maximum absolute atomic E-state index is 13.3. The van der Waals surface area contributed by atoms with Gasteiger partial charge in [0.05, 0.1) is 37.5 Å². The molecule has 2 aromatic rings. The van der Waals surface area contributed by atoms with Gasteiger partial charge in [0.1, 0.15) is 17.3 Å². The first-order chi connectivity index (χ1) is 17.9. The number of Topliss-reactive ketones (excluding diaryl/α,β-unsaturated/α-hetero) is 1. The number of carbonyl (C=O) groups is 2. The van der Waals surface area contributed by atoms with Crippen molar-refractivity contribution in [2.75, 3.05) is 46.0 Å². The van der Waals surface area contributed by atoms with Gasteiger partial charge in [-0.05, 0) is 62.2 Å². The lowest BCUT2D eigenvalue weighted by atomic mass is 9.95. The largest absolute Gasteiger partial charge is 0.507 e. The zero-order chi connectivity index (χ0) is 26.4. The Labute approximate surface area is 218 Å². The molecule has 2 aliphatic heterocycles. The van der Waals surface area contributed by atoms with Crippen LogP contribution in [0, 0.1) is 0 Å². The number of hydrogen-bond donors (Lipinski definition) is 1. The zero-order valence-corrected chi connectivity index (χ0v) is 21.8. The van der Waals surface area contributed by atoms with Crippen LogP contribution in [-0.4, -0.2) is 78.7 Å². The molecule has 0 spiro atoms. The Morgan fingerprint density at radius 3 is 2.27 bits per heavy atom. The number of amides is 1. The van der Waals surface area contributed by atoms with Gasteiger partial charge in [0.25, 0.3) is 11.7 Å². The number of likely N-dealkylation sites (tertiary alicyclic amines) is 1. The van der Waals surface area contributed by atoms with Crippen molar-refractivity contribution in [3.8, 4) is 11.5 Å². The van der Waals surface area contributed by atoms with Gasteiger partial charge in [0.15, 0.2) is 0 Å². The van der Waals surface area contributed by atoms with E-state index in [1.807, 2.05) is 45.0 Å². The molecule has 2 aromatic carbocycles. The molecule has 2 heterocycles. The smallest absolute Gasteiger partial charge is 0.295 e. The Balaban J connectivity index is 1.68. The number of morpholine rings is 1. The Kier molecular flexibility index (Phi) is 8.84. The van der Waals surface area contributed by atoms with Crippen molar-refractivity contribution >= 4 is 17.4 Å². The summed E-state index contributed by atoms with van der Waals surface area (Å²) in [6.07, 6.45) is 0.908. The molecule has 0 aliphatic carbocycles. The third-order valence-electron chi connectivity index (χ3n) is 6.47. The summed E-state index contributed by atoms with van der Waals surface area (Å²) in [5, 5.41) is 11.3. The van der Waals surface area contributed by atoms with Gasteiger partial charge >= 0.3 is 0 Å². The summed E-state index contributed by atoms with van der Waals surface area (Å²) in [6, 6.07) is 13.6. The Hall–Kier alpha value is -3.36. The van der Waals surface area contributed by atoms with Crippen LogP contribution in [0.2, 0.25) is 0 Å². The van der Waals surface area contributed by atoms with Gasteiger partial charge < -0.3 is 24.2 Å². The average molecular weight is 509 g/mol. The van der Waals surface area contributed by atoms with E-state index in [2.05, 4.69) is 4.90 Å². The summed E-state index contributed by atoms with van der Waals surface area (Å²) in [7, 11) is 0. The molecule has 1 N–H and O–H groups in total. The summed E-state index contributed by atoms with van der Waals surface area (Å²) in [5.41, 5.74) is 1.29. The number of hydrogen-bond acceptors (Lipinski definition) is 7. The van der Waals surface area contributed by atoms with Crippen LogP contribution in [0.5, 0.6) is 11.5 Å². The minimum absolute atomic E-state index is 0.0225. The number of ketones is 1. The monoisotopic (exact) mass is 508 g/mol. The van der Waals surface area contributed by atoms with Crippen molar-refractivity contribution in [2.24, 2.45) is 0 Å². The second kappa shape index (κ2) is 12.3. The minimum Gasteiger partial charge on any atom is -0.507 e. The lowest BCUT2D eigenvalue weighted by Gasteiger charge is -2.31. The number of aliphatic hydroxyl groups excluding tert-OH is 1. The molecule has 4 rings (SSSR count). The summed E-state index contributed by atoms with van der Waals surface area (Å²) < 4.78 is 16.8. The lowest BCUT2D eigenvalue weighted by Crippen LogP contribution is -2.42. The molecule has 1 amide bonds. The Morgan fingerprint density at radius 2 is 1.65 bits per heavy atom. The van der Waals surface area contributed by atoms with Crippen LogP contribution in [0.15, 0.2) is 54.1 Å². The molecule has 0 unspecified atom stereocenters. The van der Waals surface area contributed by atoms with Crippen LogP contribution in [-0.2, 0) is 14.3 Å². The van der Waals surface area contributed by atoms with E-state index in [4.69, 9.17) is 14.2 Å². The fourth-order valence-electron chi connectivity index (χ4n) is 4.62. The van der Waals surface area contributed by atoms with E-state index in [1.54, 1.807) is 29.2 Å². The third kappa shape index (κ3) is 6.32. The lowest BCUT2D eigenvalue weighted by molar-refractivity contribution is -0.140. The van der Waals surface area contributed by atoms with E-state index in [0.29, 0.717) is 50.0 Å². The Morgan fingerprint density at radius 1 is 1.00 bits per heavy atom. The molecule has 198 valence electrons. The molecule has 0 saturated carbocycles. The minimum atomic E-state index is -0.704. The molecular formula is C29H36N2O6. The predicted molar refractivity (Wildman–Crippen MR) is 141 cm³/mol. The van der Waals surface area contributed by atoms with E-state index in [-0.39, 0.29) is 17.4 Å². The molecule has 8 nitrogen and oxygen atoms in total. The van der Waals surface area contributed by atoms with Gasteiger partial charge in [-0.2, -0.15) is 0 Å². The fourth-order valence-corrected chi connectivity index (χ4v) is 4.62. The number of ether oxygens (including phenoxy) is 3.